The molecule has 2 rings (SSSR count). The first-order valence-corrected chi connectivity index (χ1v) is 6.47. The number of nitrogens with one attached hydrogen (secondary N) is 1. The van der Waals surface area contributed by atoms with E-state index in [1.807, 2.05) is 7.05 Å². The number of hydrogen-bond acceptors (Lipinski definition) is 4. The summed E-state index contributed by atoms with van der Waals surface area (Å²) in [4.78, 5) is 6.73. The molecular weight excluding hydrogens is 230 g/mol. The molecule has 0 bridgehead atoms. The van der Waals surface area contributed by atoms with Crippen molar-refractivity contribution >= 4 is 22.9 Å². The highest BCUT2D eigenvalue weighted by molar-refractivity contribution is 7.15. The molecule has 0 aliphatic carbocycles. The van der Waals surface area contributed by atoms with E-state index in [1.54, 1.807) is 17.5 Å². The minimum absolute atomic E-state index is 0.695. The molecule has 1 aromatic heterocycles. The van der Waals surface area contributed by atoms with Gasteiger partial charge < -0.3 is 5.32 Å². The lowest BCUT2D eigenvalue weighted by atomic mass is 10.1. The Hall–Kier alpha value is -0.160. The average molecular weight is 246 g/mol. The normalized spacial score (nSPS) is 19.6. The number of thiazole rings is 1. The van der Waals surface area contributed by atoms with Gasteiger partial charge in [0.1, 0.15) is 9.34 Å². The third-order valence-corrected chi connectivity index (χ3v) is 3.98. The zero-order valence-corrected chi connectivity index (χ0v) is 10.4. The van der Waals surface area contributed by atoms with Crippen molar-refractivity contribution in [3.63, 3.8) is 0 Å². The molecule has 0 atom stereocenters. The van der Waals surface area contributed by atoms with Crippen molar-refractivity contribution in [2.75, 3.05) is 20.1 Å². The van der Waals surface area contributed by atoms with E-state index in [-0.39, 0.29) is 0 Å². The molecule has 84 valence electrons. The highest BCUT2D eigenvalue weighted by atomic mass is 35.5. The fraction of sp³-hybridized carbons (Fsp3) is 0.700. The maximum Gasteiger partial charge on any atom is 0.113 e. The Balaban J connectivity index is 1.82. The van der Waals surface area contributed by atoms with E-state index < -0.39 is 0 Å². The van der Waals surface area contributed by atoms with Gasteiger partial charge in [-0.15, -0.1) is 11.3 Å². The number of piperidine rings is 1. The zero-order chi connectivity index (χ0) is 10.7. The van der Waals surface area contributed by atoms with Gasteiger partial charge in [-0.1, -0.05) is 11.6 Å². The Labute approximate surface area is 99.5 Å². The van der Waals surface area contributed by atoms with Gasteiger partial charge in [0, 0.05) is 19.1 Å². The van der Waals surface area contributed by atoms with Crippen molar-refractivity contribution in [2.24, 2.45) is 0 Å². The standard InChI is InChI=1S/C10H16ClN3S/c1-12-8-2-4-14(5-3-8)7-10-13-6-9(11)15-10/h6,8,12H,2-5,7H2,1H3. The molecule has 0 saturated carbocycles. The number of nitrogens with zero attached hydrogens (tertiary/aromatic N) is 2. The minimum Gasteiger partial charge on any atom is -0.317 e. The van der Waals surface area contributed by atoms with Gasteiger partial charge in [0.15, 0.2) is 0 Å². The van der Waals surface area contributed by atoms with Crippen LogP contribution < -0.4 is 5.32 Å². The van der Waals surface area contributed by atoms with Crippen molar-refractivity contribution in [2.45, 2.75) is 25.4 Å². The van der Waals surface area contributed by atoms with Crippen LogP contribution in [0.4, 0.5) is 0 Å². The molecule has 1 saturated heterocycles. The van der Waals surface area contributed by atoms with Gasteiger partial charge in [0.05, 0.1) is 12.7 Å². The van der Waals surface area contributed by atoms with Gasteiger partial charge >= 0.3 is 0 Å². The number of halogens is 1. The SMILES string of the molecule is CNC1CCN(Cc2ncc(Cl)s2)CC1. The van der Waals surface area contributed by atoms with Crippen molar-refractivity contribution < 1.29 is 0 Å². The van der Waals surface area contributed by atoms with Gasteiger partial charge in [0.25, 0.3) is 0 Å². The second-order valence-corrected chi connectivity index (χ2v) is 5.64. The lowest BCUT2D eigenvalue weighted by Crippen LogP contribution is -2.40. The van der Waals surface area contributed by atoms with Crippen LogP contribution in [-0.2, 0) is 6.54 Å². The molecule has 0 spiro atoms. The van der Waals surface area contributed by atoms with Crippen molar-refractivity contribution in [3.05, 3.63) is 15.5 Å². The molecule has 2 heterocycles. The summed E-state index contributed by atoms with van der Waals surface area (Å²) in [6.45, 7) is 3.26. The van der Waals surface area contributed by atoms with E-state index in [4.69, 9.17) is 11.6 Å². The topological polar surface area (TPSA) is 28.2 Å². The summed E-state index contributed by atoms with van der Waals surface area (Å²) >= 11 is 7.44. The molecule has 0 radical (unpaired) electrons. The maximum atomic E-state index is 5.85. The summed E-state index contributed by atoms with van der Waals surface area (Å²) in [5.41, 5.74) is 0. The minimum atomic E-state index is 0.695. The fourth-order valence-electron chi connectivity index (χ4n) is 1.93. The van der Waals surface area contributed by atoms with Crippen LogP contribution in [0.2, 0.25) is 4.34 Å². The smallest absolute Gasteiger partial charge is 0.113 e. The van der Waals surface area contributed by atoms with Crippen LogP contribution in [0.15, 0.2) is 6.20 Å². The number of rotatable bonds is 3. The summed E-state index contributed by atoms with van der Waals surface area (Å²) in [6, 6.07) is 0.695. The van der Waals surface area contributed by atoms with Crippen molar-refractivity contribution in [1.82, 2.24) is 15.2 Å². The van der Waals surface area contributed by atoms with Gasteiger partial charge in [0.2, 0.25) is 0 Å². The molecule has 5 heteroatoms. The molecule has 15 heavy (non-hydrogen) atoms. The van der Waals surface area contributed by atoms with E-state index in [0.29, 0.717) is 6.04 Å². The summed E-state index contributed by atoms with van der Waals surface area (Å²) in [5.74, 6) is 0. The first kappa shape index (κ1) is 11.3. The van der Waals surface area contributed by atoms with E-state index in [2.05, 4.69) is 15.2 Å². The number of likely N-dealkylation sites (tertiary alicyclic amines) is 1. The van der Waals surface area contributed by atoms with Crippen LogP contribution in [0, 0.1) is 0 Å². The molecule has 1 aliphatic rings. The Morgan fingerprint density at radius 3 is 2.87 bits per heavy atom. The van der Waals surface area contributed by atoms with Crippen LogP contribution in [0.25, 0.3) is 0 Å². The Morgan fingerprint density at radius 1 is 1.60 bits per heavy atom. The lowest BCUT2D eigenvalue weighted by Gasteiger charge is -2.30. The fourth-order valence-corrected chi connectivity index (χ4v) is 2.93. The second kappa shape index (κ2) is 5.25. The third-order valence-electron chi connectivity index (χ3n) is 2.88. The average Bonchev–Trinajstić information content (AvgIpc) is 2.65. The number of hydrogen-bond donors (Lipinski definition) is 1. The summed E-state index contributed by atoms with van der Waals surface area (Å²) in [5, 5.41) is 4.46. The Bertz CT molecular complexity index is 307. The van der Waals surface area contributed by atoms with E-state index >= 15 is 0 Å². The third kappa shape index (κ3) is 3.14. The molecule has 1 aromatic rings. The second-order valence-electron chi connectivity index (χ2n) is 3.90. The molecule has 1 aliphatic heterocycles. The monoisotopic (exact) mass is 245 g/mol. The highest BCUT2D eigenvalue weighted by Gasteiger charge is 2.18. The Morgan fingerprint density at radius 2 is 2.33 bits per heavy atom. The van der Waals surface area contributed by atoms with Crippen LogP contribution in [0.3, 0.4) is 0 Å². The molecule has 0 amide bonds. The van der Waals surface area contributed by atoms with Crippen LogP contribution in [-0.4, -0.2) is 36.1 Å². The molecule has 0 unspecified atom stereocenters. The van der Waals surface area contributed by atoms with Crippen molar-refractivity contribution in [1.29, 1.82) is 0 Å². The largest absolute Gasteiger partial charge is 0.317 e. The highest BCUT2D eigenvalue weighted by Crippen LogP contribution is 2.21. The lowest BCUT2D eigenvalue weighted by molar-refractivity contribution is 0.194. The van der Waals surface area contributed by atoms with Crippen LogP contribution in [0.5, 0.6) is 0 Å². The molecular formula is C10H16ClN3S. The first-order chi connectivity index (χ1) is 7.28. The van der Waals surface area contributed by atoms with Gasteiger partial charge in [-0.05, 0) is 19.9 Å². The molecule has 1 N–H and O–H groups in total. The van der Waals surface area contributed by atoms with Gasteiger partial charge in [-0.3, -0.25) is 4.90 Å². The predicted octanol–water partition coefficient (Wildman–Crippen LogP) is 1.98. The van der Waals surface area contributed by atoms with E-state index in [1.165, 1.54) is 12.8 Å². The van der Waals surface area contributed by atoms with Gasteiger partial charge in [-0.25, -0.2) is 4.98 Å². The molecule has 3 nitrogen and oxygen atoms in total. The molecule has 0 aromatic carbocycles. The van der Waals surface area contributed by atoms with Crippen molar-refractivity contribution in [3.8, 4) is 0 Å². The summed E-state index contributed by atoms with van der Waals surface area (Å²) in [7, 11) is 2.04. The van der Waals surface area contributed by atoms with Gasteiger partial charge in [-0.2, -0.15) is 0 Å². The predicted molar refractivity (Wildman–Crippen MR) is 64.5 cm³/mol. The van der Waals surface area contributed by atoms with E-state index in [0.717, 1.165) is 29.0 Å². The molecule has 1 fully saturated rings. The number of aromatic nitrogens is 1. The quantitative estimate of drug-likeness (QED) is 0.883. The first-order valence-electron chi connectivity index (χ1n) is 5.28. The van der Waals surface area contributed by atoms with Crippen LogP contribution >= 0.6 is 22.9 Å². The summed E-state index contributed by atoms with van der Waals surface area (Å²) in [6.07, 6.45) is 4.20. The summed E-state index contributed by atoms with van der Waals surface area (Å²) < 4.78 is 0.787. The Kier molecular flexibility index (Phi) is 3.97. The van der Waals surface area contributed by atoms with E-state index in [9.17, 15) is 0 Å². The van der Waals surface area contributed by atoms with Crippen LogP contribution in [0.1, 0.15) is 17.8 Å². The maximum absolute atomic E-state index is 5.85. The zero-order valence-electron chi connectivity index (χ0n) is 8.87.